The number of hydrogen-bond donors (Lipinski definition) is 0. The first kappa shape index (κ1) is 17.9. The van der Waals surface area contributed by atoms with Crippen LogP contribution in [-0.2, 0) is 10.9 Å². The number of hydrogen-bond acceptors (Lipinski definition) is 3. The van der Waals surface area contributed by atoms with E-state index < -0.39 is 17.3 Å². The Bertz CT molecular complexity index is 840. The van der Waals surface area contributed by atoms with Crippen LogP contribution in [0.5, 0.6) is 0 Å². The normalized spacial score (nSPS) is 21.5. The molecule has 1 fully saturated rings. The molecule has 0 aliphatic heterocycles. The highest BCUT2D eigenvalue weighted by atomic mass is 19.4. The van der Waals surface area contributed by atoms with Crippen LogP contribution >= 0.6 is 0 Å². The van der Waals surface area contributed by atoms with Crippen molar-refractivity contribution in [2.75, 3.05) is 7.11 Å². The second-order valence-corrected chi connectivity index (χ2v) is 6.59. The number of aromatic nitrogens is 1. The van der Waals surface area contributed by atoms with Crippen LogP contribution in [0.3, 0.4) is 0 Å². The molecule has 25 heavy (non-hydrogen) atoms. The molecule has 3 rings (SSSR count). The van der Waals surface area contributed by atoms with Gasteiger partial charge in [-0.1, -0.05) is 6.07 Å². The third-order valence-electron chi connectivity index (χ3n) is 5.11. The quantitative estimate of drug-likeness (QED) is 0.794. The fourth-order valence-electron chi connectivity index (χ4n) is 3.66. The SMILES string of the molecule is COC1CCC(c2cc3c(C(F)(F)F)cccc3nc(=O)c2C)CC1. The Hall–Kier alpha value is -1.95. The third-order valence-corrected chi connectivity index (χ3v) is 5.11. The lowest BCUT2D eigenvalue weighted by Gasteiger charge is -2.28. The number of fused-ring (bicyclic) bond motifs is 1. The fraction of sp³-hybridized carbons (Fsp3) is 0.474. The van der Waals surface area contributed by atoms with Gasteiger partial charge in [0.2, 0.25) is 0 Å². The molecule has 6 heteroatoms. The Morgan fingerprint density at radius 3 is 2.44 bits per heavy atom. The molecule has 1 aliphatic rings. The van der Waals surface area contributed by atoms with E-state index in [4.69, 9.17) is 4.74 Å². The van der Waals surface area contributed by atoms with Gasteiger partial charge in [-0.2, -0.15) is 13.2 Å². The third kappa shape index (κ3) is 3.54. The van der Waals surface area contributed by atoms with Crippen molar-refractivity contribution in [1.82, 2.24) is 4.98 Å². The molecule has 1 aromatic carbocycles. The molecule has 2 aromatic rings. The van der Waals surface area contributed by atoms with Gasteiger partial charge in [0.1, 0.15) is 0 Å². The molecule has 134 valence electrons. The van der Waals surface area contributed by atoms with Crippen molar-refractivity contribution in [2.24, 2.45) is 0 Å². The summed E-state index contributed by atoms with van der Waals surface area (Å²) in [6, 6.07) is 5.31. The molecule has 1 heterocycles. The second kappa shape index (κ2) is 6.75. The molecule has 0 N–H and O–H groups in total. The van der Waals surface area contributed by atoms with E-state index >= 15 is 0 Å². The van der Waals surface area contributed by atoms with E-state index in [1.165, 1.54) is 18.2 Å². The summed E-state index contributed by atoms with van der Waals surface area (Å²) in [5, 5.41) is -0.0101. The van der Waals surface area contributed by atoms with E-state index in [1.54, 1.807) is 14.0 Å². The highest BCUT2D eigenvalue weighted by molar-refractivity contribution is 5.83. The van der Waals surface area contributed by atoms with Gasteiger partial charge in [0.05, 0.1) is 17.2 Å². The van der Waals surface area contributed by atoms with Crippen LogP contribution in [0.4, 0.5) is 13.2 Å². The summed E-state index contributed by atoms with van der Waals surface area (Å²) >= 11 is 0. The molecule has 1 saturated carbocycles. The summed E-state index contributed by atoms with van der Waals surface area (Å²) < 4.78 is 45.5. The molecule has 0 bridgehead atoms. The van der Waals surface area contributed by atoms with Crippen LogP contribution in [0.1, 0.15) is 48.3 Å². The van der Waals surface area contributed by atoms with Crippen molar-refractivity contribution in [3.63, 3.8) is 0 Å². The Morgan fingerprint density at radius 1 is 1.16 bits per heavy atom. The average Bonchev–Trinajstić information content (AvgIpc) is 2.71. The molecule has 0 unspecified atom stereocenters. The van der Waals surface area contributed by atoms with Gasteiger partial charge >= 0.3 is 6.18 Å². The van der Waals surface area contributed by atoms with Crippen molar-refractivity contribution in [2.45, 2.75) is 50.8 Å². The lowest BCUT2D eigenvalue weighted by molar-refractivity contribution is -0.136. The van der Waals surface area contributed by atoms with Crippen molar-refractivity contribution in [3.05, 3.63) is 51.3 Å². The second-order valence-electron chi connectivity index (χ2n) is 6.59. The number of benzene rings is 1. The summed E-state index contributed by atoms with van der Waals surface area (Å²) in [6.07, 6.45) is -1.05. The predicted octanol–water partition coefficient (Wildman–Crippen LogP) is 4.59. The van der Waals surface area contributed by atoms with Crippen molar-refractivity contribution in [1.29, 1.82) is 0 Å². The minimum atomic E-state index is -4.49. The highest BCUT2D eigenvalue weighted by Crippen LogP contribution is 2.38. The Morgan fingerprint density at radius 2 is 1.84 bits per heavy atom. The topological polar surface area (TPSA) is 39.2 Å². The molecule has 0 saturated heterocycles. The van der Waals surface area contributed by atoms with E-state index in [2.05, 4.69) is 4.98 Å². The van der Waals surface area contributed by atoms with Crippen LogP contribution < -0.4 is 5.56 Å². The Balaban J connectivity index is 2.19. The Kier molecular flexibility index (Phi) is 4.82. The molecule has 1 aromatic heterocycles. The first-order chi connectivity index (χ1) is 11.8. The van der Waals surface area contributed by atoms with E-state index in [1.807, 2.05) is 0 Å². The van der Waals surface area contributed by atoms with Crippen LogP contribution in [-0.4, -0.2) is 18.2 Å². The van der Waals surface area contributed by atoms with E-state index in [-0.39, 0.29) is 22.9 Å². The minimum absolute atomic E-state index is 0.0101. The van der Waals surface area contributed by atoms with Crippen LogP contribution in [0.2, 0.25) is 0 Å². The van der Waals surface area contributed by atoms with Gasteiger partial charge in [-0.05, 0) is 62.3 Å². The number of nitrogens with zero attached hydrogens (tertiary/aromatic N) is 1. The lowest BCUT2D eigenvalue weighted by Crippen LogP contribution is -2.20. The Labute approximate surface area is 143 Å². The molecular formula is C19H20F3NO2. The van der Waals surface area contributed by atoms with Crippen LogP contribution in [0, 0.1) is 6.92 Å². The minimum Gasteiger partial charge on any atom is -0.381 e. The molecule has 0 atom stereocenters. The monoisotopic (exact) mass is 351 g/mol. The maximum absolute atomic E-state index is 13.4. The molecule has 0 amide bonds. The van der Waals surface area contributed by atoms with Gasteiger partial charge in [0.25, 0.3) is 5.56 Å². The zero-order valence-corrected chi connectivity index (χ0v) is 14.2. The summed E-state index contributed by atoms with van der Waals surface area (Å²) in [7, 11) is 1.67. The summed E-state index contributed by atoms with van der Waals surface area (Å²) in [5.74, 6) is 0.0535. The smallest absolute Gasteiger partial charge is 0.381 e. The molecule has 0 spiro atoms. The highest BCUT2D eigenvalue weighted by Gasteiger charge is 2.33. The zero-order chi connectivity index (χ0) is 18.2. The standard InChI is InChI=1S/C19H20F3NO2/c1-11-14(12-6-8-13(25-2)9-7-12)10-15-16(19(20,21)22)4-3-5-17(15)23-18(11)24/h3-5,10,12-13H,6-9H2,1-2H3. The van der Waals surface area contributed by atoms with Gasteiger partial charge in [-0.25, -0.2) is 4.98 Å². The van der Waals surface area contributed by atoms with Crippen molar-refractivity contribution >= 4 is 10.9 Å². The van der Waals surface area contributed by atoms with E-state index in [0.29, 0.717) is 11.1 Å². The summed E-state index contributed by atoms with van der Waals surface area (Å²) in [4.78, 5) is 16.3. The largest absolute Gasteiger partial charge is 0.417 e. The van der Waals surface area contributed by atoms with Gasteiger partial charge < -0.3 is 4.74 Å². The molecule has 0 radical (unpaired) electrons. The van der Waals surface area contributed by atoms with Crippen LogP contribution in [0.25, 0.3) is 10.9 Å². The molecular weight excluding hydrogens is 331 g/mol. The lowest BCUT2D eigenvalue weighted by atomic mass is 9.81. The summed E-state index contributed by atoms with van der Waals surface area (Å²) in [5.41, 5.74) is -0.0128. The van der Waals surface area contributed by atoms with Gasteiger partial charge in [0.15, 0.2) is 0 Å². The van der Waals surface area contributed by atoms with E-state index in [0.717, 1.165) is 31.7 Å². The number of ether oxygens (including phenoxy) is 1. The van der Waals surface area contributed by atoms with Crippen molar-refractivity contribution < 1.29 is 17.9 Å². The number of methoxy groups -OCH3 is 1. The molecule has 1 aliphatic carbocycles. The maximum atomic E-state index is 13.4. The molecule has 3 nitrogen and oxygen atoms in total. The first-order valence-electron chi connectivity index (χ1n) is 8.36. The van der Waals surface area contributed by atoms with Gasteiger partial charge in [0, 0.05) is 18.1 Å². The predicted molar refractivity (Wildman–Crippen MR) is 89.8 cm³/mol. The van der Waals surface area contributed by atoms with E-state index in [9.17, 15) is 18.0 Å². The van der Waals surface area contributed by atoms with Gasteiger partial charge in [-0.15, -0.1) is 0 Å². The average molecular weight is 351 g/mol. The van der Waals surface area contributed by atoms with Crippen molar-refractivity contribution in [3.8, 4) is 0 Å². The first-order valence-corrected chi connectivity index (χ1v) is 8.36. The maximum Gasteiger partial charge on any atom is 0.417 e. The summed E-state index contributed by atoms with van der Waals surface area (Å²) in [6.45, 7) is 1.65. The zero-order valence-electron chi connectivity index (χ0n) is 14.2. The number of halogens is 3. The fourth-order valence-corrected chi connectivity index (χ4v) is 3.66. The number of alkyl halides is 3. The van der Waals surface area contributed by atoms with Crippen LogP contribution in [0.15, 0.2) is 29.1 Å². The van der Waals surface area contributed by atoms with Gasteiger partial charge in [-0.3, -0.25) is 4.79 Å². The number of rotatable bonds is 2.